The van der Waals surface area contributed by atoms with Crippen LogP contribution in [0.3, 0.4) is 0 Å². The molecule has 7 nitrogen and oxygen atoms in total. The summed E-state index contributed by atoms with van der Waals surface area (Å²) in [6.07, 6.45) is 0. The third-order valence-electron chi connectivity index (χ3n) is 4.45. The lowest BCUT2D eigenvalue weighted by molar-refractivity contribution is -0.122. The highest BCUT2D eigenvalue weighted by molar-refractivity contribution is 7.90. The van der Waals surface area contributed by atoms with Gasteiger partial charge in [0.05, 0.1) is 4.90 Å². The predicted octanol–water partition coefficient (Wildman–Crippen LogP) is 2.69. The van der Waals surface area contributed by atoms with Gasteiger partial charge in [-0.25, -0.2) is 12.8 Å². The van der Waals surface area contributed by atoms with Crippen LogP contribution in [0, 0.1) is 5.82 Å². The van der Waals surface area contributed by atoms with Crippen LogP contribution in [-0.4, -0.2) is 32.2 Å². The molecule has 9 heteroatoms. The summed E-state index contributed by atoms with van der Waals surface area (Å²) < 4.78 is 43.9. The molecule has 0 radical (unpaired) electrons. The lowest BCUT2D eigenvalue weighted by Gasteiger charge is -2.25. The number of furan rings is 1. The maximum Gasteiger partial charge on any atom is 0.290 e. The number of nitrogens with zero attached hydrogens (tertiary/aromatic N) is 1. The Kier molecular flexibility index (Phi) is 6.02. The van der Waals surface area contributed by atoms with Crippen LogP contribution in [0.4, 0.5) is 4.39 Å². The number of hydrogen-bond donors (Lipinski definition) is 1. The molecule has 156 valence electrons. The van der Waals surface area contributed by atoms with Crippen molar-refractivity contribution in [1.82, 2.24) is 4.90 Å². The summed E-state index contributed by atoms with van der Waals surface area (Å²) in [4.78, 5) is 25.9. The van der Waals surface area contributed by atoms with E-state index in [0.29, 0.717) is 0 Å². The molecule has 30 heavy (non-hydrogen) atoms. The number of halogens is 1. The van der Waals surface area contributed by atoms with Gasteiger partial charge in [-0.3, -0.25) is 9.59 Å². The van der Waals surface area contributed by atoms with Crippen molar-refractivity contribution in [2.45, 2.75) is 16.7 Å². The van der Waals surface area contributed by atoms with Gasteiger partial charge in [0.15, 0.2) is 15.6 Å². The zero-order valence-corrected chi connectivity index (χ0v) is 16.8. The first-order valence-corrected chi connectivity index (χ1v) is 10.5. The van der Waals surface area contributed by atoms with Crippen molar-refractivity contribution in [3.63, 3.8) is 0 Å². The number of carbonyl (C=O) groups excluding carboxylic acids is 2. The number of benzene rings is 2. The number of likely N-dealkylation sites (N-methyl/N-ethyl adjacent to an activating group) is 1. The van der Waals surface area contributed by atoms with Gasteiger partial charge in [-0.15, -0.1) is 0 Å². The first-order valence-electron chi connectivity index (χ1n) is 8.87. The second-order valence-corrected chi connectivity index (χ2v) is 8.60. The van der Waals surface area contributed by atoms with Crippen LogP contribution in [0.2, 0.25) is 0 Å². The van der Waals surface area contributed by atoms with E-state index < -0.39 is 39.3 Å². The number of amides is 2. The molecule has 2 N–H and O–H groups in total. The number of hydrogen-bond acceptors (Lipinski definition) is 5. The SMILES string of the molecule is CN(C(=O)c1ccc(CS(=O)(=O)c2ccccc2)o1)C(C(N)=O)c1cccc(F)c1. The summed E-state index contributed by atoms with van der Waals surface area (Å²) in [5, 5.41) is 0. The summed E-state index contributed by atoms with van der Waals surface area (Å²) in [7, 11) is -2.33. The number of rotatable bonds is 7. The Hall–Kier alpha value is -3.46. The molecule has 1 atom stereocenters. The monoisotopic (exact) mass is 430 g/mol. The number of nitrogens with two attached hydrogens (primary N) is 1. The van der Waals surface area contributed by atoms with Crippen molar-refractivity contribution in [2.24, 2.45) is 5.73 Å². The third kappa shape index (κ3) is 4.57. The van der Waals surface area contributed by atoms with Crippen molar-refractivity contribution < 1.29 is 26.8 Å². The Morgan fingerprint density at radius 2 is 1.77 bits per heavy atom. The number of sulfone groups is 1. The molecule has 0 spiro atoms. The fourth-order valence-corrected chi connectivity index (χ4v) is 4.28. The van der Waals surface area contributed by atoms with Gasteiger partial charge >= 0.3 is 0 Å². The van der Waals surface area contributed by atoms with Crippen LogP contribution in [0.5, 0.6) is 0 Å². The minimum atomic E-state index is -3.66. The molecular weight excluding hydrogens is 411 g/mol. The molecule has 0 bridgehead atoms. The Labute approximate surface area is 172 Å². The molecule has 1 unspecified atom stereocenters. The van der Waals surface area contributed by atoms with Gasteiger partial charge in [0.25, 0.3) is 5.91 Å². The standard InChI is InChI=1S/C21H19FN2O5S/c1-24(19(20(23)25)14-6-5-7-15(22)12-14)21(26)18-11-10-16(29-18)13-30(27,28)17-8-3-2-4-9-17/h2-12,19H,13H2,1H3,(H2,23,25). The van der Waals surface area contributed by atoms with Gasteiger partial charge in [0.1, 0.15) is 23.4 Å². The number of carbonyl (C=O) groups is 2. The predicted molar refractivity (Wildman–Crippen MR) is 106 cm³/mol. The molecule has 3 rings (SSSR count). The molecule has 0 aliphatic rings. The number of primary amides is 1. The smallest absolute Gasteiger partial charge is 0.290 e. The van der Waals surface area contributed by atoms with Crippen molar-refractivity contribution in [3.05, 3.63) is 89.6 Å². The zero-order chi connectivity index (χ0) is 21.9. The van der Waals surface area contributed by atoms with E-state index in [1.165, 1.54) is 49.5 Å². The maximum absolute atomic E-state index is 13.5. The molecule has 0 aliphatic carbocycles. The minimum Gasteiger partial charge on any atom is -0.455 e. The average molecular weight is 430 g/mol. The lowest BCUT2D eigenvalue weighted by Crippen LogP contribution is -2.39. The normalized spacial score (nSPS) is 12.3. The second-order valence-electron chi connectivity index (χ2n) is 6.61. The summed E-state index contributed by atoms with van der Waals surface area (Å²) in [5.74, 6) is -2.67. The summed E-state index contributed by atoms with van der Waals surface area (Å²) in [6.45, 7) is 0. The molecular formula is C21H19FN2O5S. The van der Waals surface area contributed by atoms with Crippen LogP contribution in [0.1, 0.15) is 27.9 Å². The first-order chi connectivity index (χ1) is 14.2. The molecule has 0 fully saturated rings. The van der Waals surface area contributed by atoms with E-state index in [-0.39, 0.29) is 22.0 Å². The largest absolute Gasteiger partial charge is 0.455 e. The van der Waals surface area contributed by atoms with Crippen LogP contribution >= 0.6 is 0 Å². The third-order valence-corrected chi connectivity index (χ3v) is 6.10. The highest BCUT2D eigenvalue weighted by Gasteiger charge is 2.29. The van der Waals surface area contributed by atoms with E-state index >= 15 is 0 Å². The Morgan fingerprint density at radius 1 is 1.07 bits per heavy atom. The van der Waals surface area contributed by atoms with E-state index in [2.05, 4.69) is 0 Å². The highest BCUT2D eigenvalue weighted by Crippen LogP contribution is 2.24. The van der Waals surface area contributed by atoms with E-state index in [1.807, 2.05) is 0 Å². The fourth-order valence-electron chi connectivity index (χ4n) is 3.02. The Morgan fingerprint density at radius 3 is 2.40 bits per heavy atom. The van der Waals surface area contributed by atoms with Gasteiger partial charge in [-0.05, 0) is 42.0 Å². The topological polar surface area (TPSA) is 111 Å². The zero-order valence-electron chi connectivity index (χ0n) is 16.0. The average Bonchev–Trinajstić information content (AvgIpc) is 3.15. The van der Waals surface area contributed by atoms with E-state index in [4.69, 9.17) is 10.2 Å². The molecule has 2 aromatic carbocycles. The molecule has 0 saturated carbocycles. The molecule has 0 aliphatic heterocycles. The molecule has 1 aromatic heterocycles. The van der Waals surface area contributed by atoms with Crippen molar-refractivity contribution >= 4 is 21.7 Å². The quantitative estimate of drug-likeness (QED) is 0.620. The highest BCUT2D eigenvalue weighted by atomic mass is 32.2. The van der Waals surface area contributed by atoms with E-state index in [9.17, 15) is 22.4 Å². The molecule has 3 aromatic rings. The first kappa shape index (κ1) is 21.3. The Balaban J connectivity index is 1.82. The van der Waals surface area contributed by atoms with Gasteiger partial charge in [0.2, 0.25) is 5.91 Å². The van der Waals surface area contributed by atoms with E-state index in [0.717, 1.165) is 11.0 Å². The van der Waals surface area contributed by atoms with Crippen molar-refractivity contribution in [2.75, 3.05) is 7.05 Å². The molecule has 2 amide bonds. The van der Waals surface area contributed by atoms with Gasteiger partial charge in [0, 0.05) is 7.05 Å². The molecule has 1 heterocycles. The van der Waals surface area contributed by atoms with Crippen molar-refractivity contribution in [3.8, 4) is 0 Å². The summed E-state index contributed by atoms with van der Waals surface area (Å²) in [6, 6.07) is 14.5. The van der Waals surface area contributed by atoms with Gasteiger partial charge in [-0.1, -0.05) is 30.3 Å². The second kappa shape index (κ2) is 8.50. The van der Waals surface area contributed by atoms with Crippen LogP contribution in [0.25, 0.3) is 0 Å². The van der Waals surface area contributed by atoms with Crippen LogP contribution < -0.4 is 5.73 Å². The van der Waals surface area contributed by atoms with E-state index in [1.54, 1.807) is 18.2 Å². The summed E-state index contributed by atoms with van der Waals surface area (Å²) >= 11 is 0. The summed E-state index contributed by atoms with van der Waals surface area (Å²) in [5.41, 5.74) is 5.63. The van der Waals surface area contributed by atoms with Gasteiger partial charge in [-0.2, -0.15) is 0 Å². The van der Waals surface area contributed by atoms with Crippen molar-refractivity contribution in [1.29, 1.82) is 0 Å². The minimum absolute atomic E-state index is 0.0667. The van der Waals surface area contributed by atoms with Crippen LogP contribution in [0.15, 0.2) is 76.0 Å². The Bertz CT molecular complexity index is 1170. The maximum atomic E-state index is 13.5. The van der Waals surface area contributed by atoms with Crippen LogP contribution in [-0.2, 0) is 20.4 Å². The van der Waals surface area contributed by atoms with Gasteiger partial charge < -0.3 is 15.1 Å². The molecule has 0 saturated heterocycles. The lowest BCUT2D eigenvalue weighted by atomic mass is 10.0. The fraction of sp³-hybridized carbons (Fsp3) is 0.143.